The van der Waals surface area contributed by atoms with Crippen molar-refractivity contribution in [2.45, 2.75) is 51.5 Å². The average Bonchev–Trinajstić information content (AvgIpc) is 3.13. The molecule has 100 valence electrons. The van der Waals surface area contributed by atoms with E-state index in [9.17, 15) is 8.42 Å². The first-order valence-electron chi connectivity index (χ1n) is 7.04. The van der Waals surface area contributed by atoms with Crippen LogP contribution in [-0.2, 0) is 9.84 Å². The van der Waals surface area contributed by atoms with E-state index in [1.807, 2.05) is 0 Å². The first kappa shape index (κ1) is 13.3. The molecule has 2 aliphatic carbocycles. The van der Waals surface area contributed by atoms with Crippen LogP contribution in [0.3, 0.4) is 0 Å². The third-order valence-corrected chi connectivity index (χ3v) is 6.00. The molecule has 2 rings (SSSR count). The van der Waals surface area contributed by atoms with Crippen LogP contribution in [0.4, 0.5) is 0 Å². The second kappa shape index (κ2) is 5.70. The van der Waals surface area contributed by atoms with Crippen LogP contribution in [-0.4, -0.2) is 32.5 Å². The summed E-state index contributed by atoms with van der Waals surface area (Å²) >= 11 is 0. The maximum atomic E-state index is 11.4. The second-order valence-corrected chi connectivity index (χ2v) is 8.12. The smallest absolute Gasteiger partial charge is 0.151 e. The molecule has 2 unspecified atom stereocenters. The molecule has 2 atom stereocenters. The lowest BCUT2D eigenvalue weighted by molar-refractivity contribution is 0.264. The van der Waals surface area contributed by atoms with Gasteiger partial charge in [0.25, 0.3) is 0 Å². The van der Waals surface area contributed by atoms with E-state index in [1.165, 1.54) is 38.5 Å². The molecule has 3 nitrogen and oxygen atoms in total. The molecule has 0 aromatic rings. The van der Waals surface area contributed by atoms with E-state index in [-0.39, 0.29) is 5.75 Å². The van der Waals surface area contributed by atoms with E-state index in [0.717, 1.165) is 11.8 Å². The Bertz CT molecular complexity index is 335. The van der Waals surface area contributed by atoms with Crippen LogP contribution in [0.5, 0.6) is 0 Å². The molecule has 4 heteroatoms. The van der Waals surface area contributed by atoms with Gasteiger partial charge in [-0.2, -0.15) is 0 Å². The highest BCUT2D eigenvalue weighted by atomic mass is 32.2. The lowest BCUT2D eigenvalue weighted by Gasteiger charge is -2.30. The summed E-state index contributed by atoms with van der Waals surface area (Å²) in [7, 11) is -2.80. The van der Waals surface area contributed by atoms with E-state index < -0.39 is 9.84 Å². The fourth-order valence-corrected chi connectivity index (χ4v) is 3.69. The van der Waals surface area contributed by atoms with Gasteiger partial charge in [0, 0.05) is 18.3 Å². The molecule has 0 aromatic carbocycles. The molecule has 0 amide bonds. The quantitative estimate of drug-likeness (QED) is 0.793. The molecule has 2 saturated carbocycles. The molecule has 0 spiro atoms. The summed E-state index contributed by atoms with van der Waals surface area (Å²) in [4.78, 5) is 0. The van der Waals surface area contributed by atoms with Gasteiger partial charge in [0.05, 0.1) is 5.75 Å². The summed E-state index contributed by atoms with van der Waals surface area (Å²) in [6.07, 6.45) is 8.09. The molecule has 17 heavy (non-hydrogen) atoms. The summed E-state index contributed by atoms with van der Waals surface area (Å²) in [5.41, 5.74) is 0. The van der Waals surface area contributed by atoms with Crippen molar-refractivity contribution in [3.63, 3.8) is 0 Å². The third kappa shape index (κ3) is 4.25. The monoisotopic (exact) mass is 259 g/mol. The van der Waals surface area contributed by atoms with E-state index in [4.69, 9.17) is 0 Å². The van der Waals surface area contributed by atoms with Gasteiger partial charge in [-0.25, -0.2) is 8.42 Å². The SMILES string of the molecule is CCS(=O)(=O)CCNC1CCCC(C2CC2)C1. The summed E-state index contributed by atoms with van der Waals surface area (Å²) < 4.78 is 22.8. The van der Waals surface area contributed by atoms with Gasteiger partial charge in [0.15, 0.2) is 9.84 Å². The number of hydrogen-bond donors (Lipinski definition) is 1. The number of nitrogens with one attached hydrogen (secondary N) is 1. The van der Waals surface area contributed by atoms with E-state index in [1.54, 1.807) is 6.92 Å². The van der Waals surface area contributed by atoms with Crippen LogP contribution in [0.1, 0.15) is 45.4 Å². The zero-order valence-corrected chi connectivity index (χ0v) is 11.6. The van der Waals surface area contributed by atoms with Gasteiger partial charge in [0.2, 0.25) is 0 Å². The van der Waals surface area contributed by atoms with Crippen LogP contribution in [0.2, 0.25) is 0 Å². The Labute approximate surface area is 105 Å². The molecule has 0 bridgehead atoms. The standard InChI is InChI=1S/C13H25NO2S/c1-2-17(15,16)9-8-14-13-5-3-4-12(10-13)11-6-7-11/h11-14H,2-10H2,1H3. The molecule has 0 aliphatic heterocycles. The van der Waals surface area contributed by atoms with Gasteiger partial charge in [-0.1, -0.05) is 19.8 Å². The van der Waals surface area contributed by atoms with Crippen molar-refractivity contribution in [3.05, 3.63) is 0 Å². The first-order valence-corrected chi connectivity index (χ1v) is 8.86. The Morgan fingerprint density at radius 3 is 2.53 bits per heavy atom. The topological polar surface area (TPSA) is 46.2 Å². The largest absolute Gasteiger partial charge is 0.313 e. The highest BCUT2D eigenvalue weighted by molar-refractivity contribution is 7.91. The minimum absolute atomic E-state index is 0.268. The molecule has 0 saturated heterocycles. The molecular weight excluding hydrogens is 234 g/mol. The fourth-order valence-electron chi connectivity index (χ4n) is 2.97. The lowest BCUT2D eigenvalue weighted by atomic mass is 9.83. The van der Waals surface area contributed by atoms with Crippen molar-refractivity contribution < 1.29 is 8.42 Å². The molecule has 2 aliphatic rings. The highest BCUT2D eigenvalue weighted by Crippen LogP contribution is 2.43. The molecule has 1 N–H and O–H groups in total. The Kier molecular flexibility index (Phi) is 4.47. The van der Waals surface area contributed by atoms with Crippen LogP contribution in [0.25, 0.3) is 0 Å². The molecule has 0 radical (unpaired) electrons. The molecule has 0 heterocycles. The lowest BCUT2D eigenvalue weighted by Crippen LogP contribution is -2.37. The van der Waals surface area contributed by atoms with Gasteiger partial charge in [-0.15, -0.1) is 0 Å². The molecule has 2 fully saturated rings. The zero-order chi connectivity index (χ0) is 12.3. The number of sulfone groups is 1. The summed E-state index contributed by atoms with van der Waals surface area (Å²) in [5, 5.41) is 3.45. The Hall–Kier alpha value is -0.0900. The minimum atomic E-state index is -2.80. The first-order chi connectivity index (χ1) is 8.11. The zero-order valence-electron chi connectivity index (χ0n) is 10.8. The van der Waals surface area contributed by atoms with Crippen LogP contribution >= 0.6 is 0 Å². The third-order valence-electron chi connectivity index (χ3n) is 4.29. The number of hydrogen-bond acceptors (Lipinski definition) is 3. The van der Waals surface area contributed by atoms with Crippen LogP contribution < -0.4 is 5.32 Å². The van der Waals surface area contributed by atoms with Crippen LogP contribution in [0.15, 0.2) is 0 Å². The predicted octanol–water partition coefficient (Wildman–Crippen LogP) is 1.98. The van der Waals surface area contributed by atoms with Gasteiger partial charge in [-0.3, -0.25) is 0 Å². The van der Waals surface area contributed by atoms with Crippen molar-refractivity contribution in [2.75, 3.05) is 18.1 Å². The Morgan fingerprint density at radius 2 is 1.88 bits per heavy atom. The maximum absolute atomic E-state index is 11.4. The van der Waals surface area contributed by atoms with Crippen LogP contribution in [0, 0.1) is 11.8 Å². The minimum Gasteiger partial charge on any atom is -0.313 e. The van der Waals surface area contributed by atoms with E-state index in [2.05, 4.69) is 5.32 Å². The van der Waals surface area contributed by atoms with E-state index >= 15 is 0 Å². The van der Waals surface area contributed by atoms with E-state index in [0.29, 0.717) is 18.3 Å². The van der Waals surface area contributed by atoms with Crippen molar-refractivity contribution in [1.82, 2.24) is 5.32 Å². The highest BCUT2D eigenvalue weighted by Gasteiger charge is 2.34. The number of rotatable bonds is 6. The summed E-state index contributed by atoms with van der Waals surface area (Å²) in [6.45, 7) is 2.36. The second-order valence-electron chi connectivity index (χ2n) is 5.65. The molecule has 0 aromatic heterocycles. The van der Waals surface area contributed by atoms with Gasteiger partial charge < -0.3 is 5.32 Å². The normalized spacial score (nSPS) is 30.4. The van der Waals surface area contributed by atoms with Crippen molar-refractivity contribution in [3.8, 4) is 0 Å². The average molecular weight is 259 g/mol. The van der Waals surface area contributed by atoms with Crippen molar-refractivity contribution in [1.29, 1.82) is 0 Å². The van der Waals surface area contributed by atoms with Crippen molar-refractivity contribution in [2.24, 2.45) is 11.8 Å². The van der Waals surface area contributed by atoms with Gasteiger partial charge >= 0.3 is 0 Å². The maximum Gasteiger partial charge on any atom is 0.151 e. The van der Waals surface area contributed by atoms with Gasteiger partial charge in [-0.05, 0) is 37.5 Å². The molecular formula is C13H25NO2S. The predicted molar refractivity (Wildman–Crippen MR) is 70.8 cm³/mol. The van der Waals surface area contributed by atoms with Gasteiger partial charge in [0.1, 0.15) is 0 Å². The van der Waals surface area contributed by atoms with Crippen molar-refractivity contribution >= 4 is 9.84 Å². The summed E-state index contributed by atoms with van der Waals surface area (Å²) in [5.74, 6) is 2.49. The summed E-state index contributed by atoms with van der Waals surface area (Å²) in [6, 6.07) is 0.571. The Balaban J connectivity index is 1.68. The Morgan fingerprint density at radius 1 is 1.12 bits per heavy atom. The fraction of sp³-hybridized carbons (Fsp3) is 1.00.